The Morgan fingerprint density at radius 2 is 1.91 bits per heavy atom. The maximum Gasteiger partial charge on any atom is 0.157 e. The molecule has 0 radical (unpaired) electrons. The Morgan fingerprint density at radius 1 is 1.09 bits per heavy atom. The van der Waals surface area contributed by atoms with Gasteiger partial charge in [0, 0.05) is 24.9 Å². The van der Waals surface area contributed by atoms with Crippen molar-refractivity contribution in [1.82, 2.24) is 9.78 Å². The summed E-state index contributed by atoms with van der Waals surface area (Å²) >= 11 is 0. The molecule has 0 aromatic carbocycles. The number of carbonyl (C=O) groups excluding carboxylic acids is 1. The molecule has 178 valence electrons. The Balaban J connectivity index is 1.31. The Kier molecular flexibility index (Phi) is 5.81. The van der Waals surface area contributed by atoms with Crippen LogP contribution in [-0.2, 0) is 16.1 Å². The molecule has 1 aromatic heterocycles. The minimum Gasteiger partial charge on any atom is -0.387 e. The molecule has 8 atom stereocenters. The fraction of sp³-hybridized carbons (Fsp3) is 0.852. The fourth-order valence-corrected chi connectivity index (χ4v) is 8.94. The predicted molar refractivity (Wildman–Crippen MR) is 124 cm³/mol. The van der Waals surface area contributed by atoms with Crippen LogP contribution in [0.1, 0.15) is 78.6 Å². The summed E-state index contributed by atoms with van der Waals surface area (Å²) in [5, 5.41) is 15.4. The molecule has 4 saturated carbocycles. The van der Waals surface area contributed by atoms with Gasteiger partial charge in [-0.3, -0.25) is 9.48 Å². The lowest BCUT2D eigenvalue weighted by Gasteiger charge is -2.62. The summed E-state index contributed by atoms with van der Waals surface area (Å²) < 4.78 is 7.44. The minimum atomic E-state index is -0.631. The number of rotatable bonds is 6. The first-order valence-electron chi connectivity index (χ1n) is 13.1. The number of hydrogen-bond donors (Lipinski definition) is 1. The minimum absolute atomic E-state index is 0.152. The van der Waals surface area contributed by atoms with Gasteiger partial charge in [0.05, 0.1) is 18.8 Å². The van der Waals surface area contributed by atoms with Gasteiger partial charge in [-0.05, 0) is 105 Å². The standard InChI is InChI=1S/C27H42N2O3/c1-4-32-18-27(31)13-12-25(2)19(16-27)6-7-20-21-8-9-23(26(21,3)11-10-22(20)25)24(30)17-29-15-5-14-28-29/h5,14-15,19-23,31H,4,6-13,16-18H2,1-3H3. The second-order valence-electron chi connectivity index (χ2n) is 12.1. The highest BCUT2D eigenvalue weighted by Crippen LogP contribution is 2.68. The highest BCUT2D eigenvalue weighted by atomic mass is 16.5. The first-order chi connectivity index (χ1) is 15.3. The molecule has 0 amide bonds. The molecule has 1 N–H and O–H groups in total. The second kappa shape index (κ2) is 8.23. The van der Waals surface area contributed by atoms with Gasteiger partial charge in [-0.15, -0.1) is 0 Å². The van der Waals surface area contributed by atoms with Crippen LogP contribution in [-0.4, -0.2) is 39.5 Å². The molecule has 5 nitrogen and oxygen atoms in total. The van der Waals surface area contributed by atoms with Crippen LogP contribution in [0.2, 0.25) is 0 Å². The van der Waals surface area contributed by atoms with E-state index in [4.69, 9.17) is 4.74 Å². The van der Waals surface area contributed by atoms with Gasteiger partial charge in [0.15, 0.2) is 5.78 Å². The number of aliphatic hydroxyl groups is 1. The van der Waals surface area contributed by atoms with Gasteiger partial charge in [-0.25, -0.2) is 0 Å². The van der Waals surface area contributed by atoms with E-state index in [2.05, 4.69) is 18.9 Å². The lowest BCUT2D eigenvalue weighted by Crippen LogP contribution is -2.57. The number of fused-ring (bicyclic) bond motifs is 5. The molecule has 4 aliphatic carbocycles. The topological polar surface area (TPSA) is 64.3 Å². The van der Waals surface area contributed by atoms with E-state index < -0.39 is 5.60 Å². The number of Topliss-reactive ketones (excluding diaryl/α,β-unsaturated/α-hetero) is 1. The smallest absolute Gasteiger partial charge is 0.157 e. The van der Waals surface area contributed by atoms with E-state index in [1.54, 1.807) is 10.9 Å². The summed E-state index contributed by atoms with van der Waals surface area (Å²) in [6, 6.07) is 1.90. The number of ketones is 1. The number of nitrogens with zero attached hydrogens (tertiary/aromatic N) is 2. The van der Waals surface area contributed by atoms with Crippen molar-refractivity contribution in [2.45, 2.75) is 90.7 Å². The zero-order valence-corrected chi connectivity index (χ0v) is 20.3. The van der Waals surface area contributed by atoms with Crippen LogP contribution in [0.4, 0.5) is 0 Å². The van der Waals surface area contributed by atoms with Gasteiger partial charge in [0.25, 0.3) is 0 Å². The summed E-state index contributed by atoms with van der Waals surface area (Å²) in [5.74, 6) is 3.34. The molecule has 1 heterocycles. The summed E-state index contributed by atoms with van der Waals surface area (Å²) in [5.41, 5.74) is -0.146. The number of ether oxygens (including phenoxy) is 1. The fourth-order valence-electron chi connectivity index (χ4n) is 8.94. The number of carbonyl (C=O) groups is 1. The van der Waals surface area contributed by atoms with Crippen LogP contribution in [0.15, 0.2) is 18.5 Å². The second-order valence-corrected chi connectivity index (χ2v) is 12.1. The lowest BCUT2D eigenvalue weighted by atomic mass is 9.44. The normalized spacial score (nSPS) is 45.7. The quantitative estimate of drug-likeness (QED) is 0.682. The molecule has 1 aromatic rings. The van der Waals surface area contributed by atoms with Crippen LogP contribution >= 0.6 is 0 Å². The van der Waals surface area contributed by atoms with E-state index in [0.717, 1.165) is 37.5 Å². The summed E-state index contributed by atoms with van der Waals surface area (Å²) in [6.45, 7) is 8.57. The van der Waals surface area contributed by atoms with E-state index in [0.29, 0.717) is 42.8 Å². The van der Waals surface area contributed by atoms with E-state index in [-0.39, 0.29) is 11.3 Å². The third-order valence-electron chi connectivity index (χ3n) is 10.7. The first kappa shape index (κ1) is 22.6. The van der Waals surface area contributed by atoms with Crippen LogP contribution in [0, 0.1) is 40.4 Å². The molecule has 0 spiro atoms. The van der Waals surface area contributed by atoms with Gasteiger partial charge >= 0.3 is 0 Å². The molecule has 0 bridgehead atoms. The van der Waals surface area contributed by atoms with Gasteiger partial charge < -0.3 is 9.84 Å². The molecular formula is C27H42N2O3. The molecule has 0 aliphatic heterocycles. The van der Waals surface area contributed by atoms with Crippen molar-refractivity contribution < 1.29 is 14.6 Å². The molecule has 5 rings (SSSR count). The third-order valence-corrected chi connectivity index (χ3v) is 10.7. The Hall–Kier alpha value is -1.20. The summed E-state index contributed by atoms with van der Waals surface area (Å²) in [6.07, 6.45) is 13.8. The van der Waals surface area contributed by atoms with Gasteiger partial charge in [0.1, 0.15) is 0 Å². The zero-order chi connectivity index (χ0) is 22.6. The van der Waals surface area contributed by atoms with Crippen molar-refractivity contribution in [3.63, 3.8) is 0 Å². The predicted octanol–water partition coefficient (Wildman–Crippen LogP) is 4.88. The molecule has 0 saturated heterocycles. The zero-order valence-electron chi connectivity index (χ0n) is 20.3. The van der Waals surface area contributed by atoms with E-state index in [9.17, 15) is 9.90 Å². The molecule has 4 fully saturated rings. The Morgan fingerprint density at radius 3 is 2.66 bits per heavy atom. The highest BCUT2D eigenvalue weighted by molar-refractivity contribution is 5.82. The molecule has 32 heavy (non-hydrogen) atoms. The summed E-state index contributed by atoms with van der Waals surface area (Å²) in [7, 11) is 0. The van der Waals surface area contributed by atoms with Crippen molar-refractivity contribution in [3.05, 3.63) is 18.5 Å². The Labute approximate surface area is 193 Å². The van der Waals surface area contributed by atoms with Gasteiger partial charge in [0.2, 0.25) is 0 Å². The van der Waals surface area contributed by atoms with Crippen molar-refractivity contribution in [2.75, 3.05) is 13.2 Å². The maximum atomic E-state index is 13.3. The van der Waals surface area contributed by atoms with Crippen molar-refractivity contribution in [3.8, 4) is 0 Å². The SMILES string of the molecule is CCOCC1(O)CCC2(C)C(CCC3C2CCC2(C)C(C(=O)Cn4cccn4)CCC32)C1. The van der Waals surface area contributed by atoms with Crippen molar-refractivity contribution in [2.24, 2.45) is 40.4 Å². The lowest BCUT2D eigenvalue weighted by molar-refractivity contribution is -0.166. The third kappa shape index (κ3) is 3.58. The maximum absolute atomic E-state index is 13.3. The molecular weight excluding hydrogens is 400 g/mol. The largest absolute Gasteiger partial charge is 0.387 e. The Bertz CT molecular complexity index is 825. The van der Waals surface area contributed by atoms with Crippen molar-refractivity contribution >= 4 is 5.78 Å². The molecule has 4 aliphatic rings. The molecule has 5 heteroatoms. The van der Waals surface area contributed by atoms with Crippen LogP contribution in [0.5, 0.6) is 0 Å². The van der Waals surface area contributed by atoms with Crippen molar-refractivity contribution in [1.29, 1.82) is 0 Å². The van der Waals surface area contributed by atoms with E-state index >= 15 is 0 Å². The van der Waals surface area contributed by atoms with Crippen LogP contribution in [0.3, 0.4) is 0 Å². The number of aromatic nitrogens is 2. The average Bonchev–Trinajstić information content (AvgIpc) is 3.40. The van der Waals surface area contributed by atoms with Gasteiger partial charge in [-0.1, -0.05) is 13.8 Å². The first-order valence-corrected chi connectivity index (χ1v) is 13.1. The van der Waals surface area contributed by atoms with Gasteiger partial charge in [-0.2, -0.15) is 5.10 Å². The number of hydrogen-bond acceptors (Lipinski definition) is 4. The monoisotopic (exact) mass is 442 g/mol. The molecule has 8 unspecified atom stereocenters. The van der Waals surface area contributed by atoms with E-state index in [1.165, 1.54) is 32.1 Å². The summed E-state index contributed by atoms with van der Waals surface area (Å²) in [4.78, 5) is 13.3. The van der Waals surface area contributed by atoms with Crippen LogP contribution < -0.4 is 0 Å². The van der Waals surface area contributed by atoms with E-state index in [1.807, 2.05) is 19.2 Å². The average molecular weight is 443 g/mol. The van der Waals surface area contributed by atoms with Crippen LogP contribution in [0.25, 0.3) is 0 Å². The highest BCUT2D eigenvalue weighted by Gasteiger charge is 2.62.